The molecule has 6 rings (SSSR count). The summed E-state index contributed by atoms with van der Waals surface area (Å²) in [5, 5.41) is 50.2. The van der Waals surface area contributed by atoms with Gasteiger partial charge in [-0.3, -0.25) is 23.7 Å². The Balaban J connectivity index is 1.58. The SMILES string of the molecule is N=c1c2ncn3c2ncn1[C@H]1O[C@@H](COP(=O)(O)CP(=O)(O)OC[C@H]2O[C@@H]3C(O)[C@H]2O)C(O)C1O. The number of aromatic nitrogens is 4. The number of nitrogens with zero attached hydrogens (tertiary/aromatic N) is 4. The lowest BCUT2D eigenvalue weighted by molar-refractivity contribution is -0.0532. The van der Waals surface area contributed by atoms with Crippen LogP contribution in [0.4, 0.5) is 0 Å². The number of imidazole rings is 1. The van der Waals surface area contributed by atoms with Crippen LogP contribution in [-0.2, 0) is 27.7 Å². The molecule has 7 N–H and O–H groups in total. The molecule has 0 aliphatic carbocycles. The third-order valence-electron chi connectivity index (χ3n) is 6.02. The molecule has 10 atom stereocenters. The van der Waals surface area contributed by atoms with Crippen LogP contribution in [0.15, 0.2) is 12.7 Å². The predicted molar refractivity (Wildman–Crippen MR) is 110 cm³/mol. The molecular weight excluding hydrogens is 516 g/mol. The molecule has 2 aromatic rings. The average molecular weight is 539 g/mol. The van der Waals surface area contributed by atoms with E-state index in [1.165, 1.54) is 10.9 Å². The Kier molecular flexibility index (Phi) is 6.28. The van der Waals surface area contributed by atoms with Gasteiger partial charge in [0.2, 0.25) is 0 Å². The second-order valence-corrected chi connectivity index (χ2v) is 12.6. The van der Waals surface area contributed by atoms with E-state index < -0.39 is 83.4 Å². The first kappa shape index (κ1) is 25.1. The first-order valence-corrected chi connectivity index (χ1v) is 13.9. The minimum atomic E-state index is -4.76. The molecule has 0 saturated carbocycles. The topological polar surface area (TPSA) is 252 Å². The quantitative estimate of drug-likeness (QED) is 0.169. The van der Waals surface area contributed by atoms with Crippen molar-refractivity contribution < 1.29 is 57.9 Å². The highest BCUT2D eigenvalue weighted by atomic mass is 31.2. The predicted octanol–water partition coefficient (Wildman–Crippen LogP) is -2.67. The van der Waals surface area contributed by atoms with Crippen molar-refractivity contribution in [3.8, 4) is 0 Å². The molecule has 0 aromatic carbocycles. The Morgan fingerprint density at radius 1 is 0.829 bits per heavy atom. The van der Waals surface area contributed by atoms with Crippen molar-refractivity contribution in [2.24, 2.45) is 0 Å². The average Bonchev–Trinajstić information content (AvgIpc) is 3.41. The second-order valence-electron chi connectivity index (χ2n) is 8.42. The Hall–Kier alpha value is -1.59. The smallest absolute Gasteiger partial charge is 0.340 e. The number of nitrogens with one attached hydrogen (secondary N) is 1. The minimum absolute atomic E-state index is 0.00307. The van der Waals surface area contributed by atoms with E-state index in [-0.39, 0.29) is 16.7 Å². The highest BCUT2D eigenvalue weighted by Crippen LogP contribution is 2.58. The maximum atomic E-state index is 12.4. The fourth-order valence-electron chi connectivity index (χ4n) is 4.21. The van der Waals surface area contributed by atoms with Gasteiger partial charge in [-0.05, 0) is 0 Å². The number of rotatable bonds is 0. The van der Waals surface area contributed by atoms with E-state index in [2.05, 4.69) is 9.97 Å². The van der Waals surface area contributed by atoms with E-state index in [0.29, 0.717) is 0 Å². The van der Waals surface area contributed by atoms with Gasteiger partial charge in [0.05, 0.1) is 19.5 Å². The molecule has 19 heteroatoms. The molecule has 5 unspecified atom stereocenters. The van der Waals surface area contributed by atoms with E-state index in [4.69, 9.17) is 23.9 Å². The molecule has 2 aromatic heterocycles. The van der Waals surface area contributed by atoms with Crippen LogP contribution in [0.1, 0.15) is 12.5 Å². The highest BCUT2D eigenvalue weighted by molar-refractivity contribution is 7.70. The van der Waals surface area contributed by atoms with Crippen LogP contribution in [0.2, 0.25) is 0 Å². The molecule has 4 aliphatic rings. The first-order chi connectivity index (χ1) is 16.4. The molecular formula is C16H23N5O12P2. The van der Waals surface area contributed by atoms with Gasteiger partial charge in [0.15, 0.2) is 35.0 Å². The van der Waals surface area contributed by atoms with Crippen molar-refractivity contribution in [2.45, 2.75) is 49.1 Å². The summed E-state index contributed by atoms with van der Waals surface area (Å²) >= 11 is 0. The summed E-state index contributed by atoms with van der Waals surface area (Å²) in [6.07, 6.45) is -9.22. The zero-order chi connectivity index (χ0) is 25.3. The summed E-state index contributed by atoms with van der Waals surface area (Å²) in [5.41, 5.74) is -0.204. The van der Waals surface area contributed by atoms with Crippen molar-refractivity contribution in [2.75, 3.05) is 19.1 Å². The number of aliphatic hydroxyl groups excluding tert-OH is 4. The van der Waals surface area contributed by atoms with Gasteiger partial charge in [0, 0.05) is 0 Å². The number of ether oxygens (including phenoxy) is 2. The molecule has 17 nitrogen and oxygen atoms in total. The molecule has 8 bridgehead atoms. The normalized spacial score (nSPS) is 44.6. The molecule has 35 heavy (non-hydrogen) atoms. The minimum Gasteiger partial charge on any atom is -0.387 e. The molecule has 0 spiro atoms. The van der Waals surface area contributed by atoms with Gasteiger partial charge >= 0.3 is 15.2 Å². The van der Waals surface area contributed by atoms with Crippen molar-refractivity contribution in [1.82, 2.24) is 19.1 Å². The summed E-state index contributed by atoms with van der Waals surface area (Å²) in [5.74, 6) is -1.32. The molecule has 6 heterocycles. The Morgan fingerprint density at radius 2 is 1.31 bits per heavy atom. The van der Waals surface area contributed by atoms with Gasteiger partial charge in [-0.2, -0.15) is 0 Å². The molecule has 2 saturated heterocycles. The standard InChI is InChI=1S/C16H23N5O12P2/c17-13-8-14-19-4-20(13)15-11(24)9(22)6(32-15)1-30-34(26,27)5-35(28,29)31-2-7-10(23)12(25)16(33-7)21(14)3-18-8/h3-4,6-7,9-12,15-17,22-25H,1-2,5H2,(H,26,27)(H,28,29)/t6-,7+,9?,10-,11?,12?,15-,16+/m0/s1. The molecule has 2 fully saturated rings. The monoisotopic (exact) mass is 539 g/mol. The summed E-state index contributed by atoms with van der Waals surface area (Å²) in [6, 6.07) is 0. The fraction of sp³-hybridized carbons (Fsp3) is 0.688. The largest absolute Gasteiger partial charge is 0.387 e. The van der Waals surface area contributed by atoms with Crippen LogP contribution < -0.4 is 5.49 Å². The third-order valence-corrected chi connectivity index (χ3v) is 9.98. The van der Waals surface area contributed by atoms with Gasteiger partial charge in [0.1, 0.15) is 43.0 Å². The first-order valence-electron chi connectivity index (χ1n) is 10.3. The van der Waals surface area contributed by atoms with Crippen molar-refractivity contribution in [1.29, 1.82) is 5.41 Å². The third kappa shape index (κ3) is 4.41. The van der Waals surface area contributed by atoms with Gasteiger partial charge < -0.3 is 48.7 Å². The van der Waals surface area contributed by atoms with E-state index in [1.807, 2.05) is 0 Å². The maximum Gasteiger partial charge on any atom is 0.340 e. The van der Waals surface area contributed by atoms with Gasteiger partial charge in [0.25, 0.3) is 0 Å². The number of hydrogen-bond donors (Lipinski definition) is 7. The van der Waals surface area contributed by atoms with Gasteiger partial charge in [-0.1, -0.05) is 0 Å². The molecule has 194 valence electrons. The lowest BCUT2D eigenvalue weighted by Crippen LogP contribution is -2.36. The highest BCUT2D eigenvalue weighted by Gasteiger charge is 2.48. The molecule has 0 radical (unpaired) electrons. The van der Waals surface area contributed by atoms with Gasteiger partial charge in [-0.15, -0.1) is 0 Å². The van der Waals surface area contributed by atoms with Crippen molar-refractivity contribution in [3.63, 3.8) is 0 Å². The fourth-order valence-corrected chi connectivity index (χ4v) is 7.43. The lowest BCUT2D eigenvalue weighted by Gasteiger charge is -2.21. The van der Waals surface area contributed by atoms with Gasteiger partial charge in [-0.25, -0.2) is 9.97 Å². The zero-order valence-electron chi connectivity index (χ0n) is 17.7. The van der Waals surface area contributed by atoms with Crippen LogP contribution in [0.25, 0.3) is 11.2 Å². The van der Waals surface area contributed by atoms with Crippen LogP contribution in [0.5, 0.6) is 0 Å². The summed E-state index contributed by atoms with van der Waals surface area (Å²) in [7, 11) is -9.51. The number of hydrogen-bond acceptors (Lipinski definition) is 13. The summed E-state index contributed by atoms with van der Waals surface area (Å²) < 4.78 is 47.9. The number of aliphatic hydroxyl groups is 4. The van der Waals surface area contributed by atoms with E-state index in [1.54, 1.807) is 0 Å². The molecule has 4 aliphatic heterocycles. The van der Waals surface area contributed by atoms with Crippen LogP contribution in [0, 0.1) is 5.41 Å². The van der Waals surface area contributed by atoms with E-state index in [0.717, 1.165) is 10.9 Å². The Labute approximate surface area is 195 Å². The van der Waals surface area contributed by atoms with Crippen molar-refractivity contribution in [3.05, 3.63) is 18.1 Å². The maximum absolute atomic E-state index is 12.4. The zero-order valence-corrected chi connectivity index (χ0v) is 19.5. The van der Waals surface area contributed by atoms with E-state index >= 15 is 0 Å². The Morgan fingerprint density at radius 3 is 1.86 bits per heavy atom. The van der Waals surface area contributed by atoms with Crippen molar-refractivity contribution >= 4 is 26.4 Å². The van der Waals surface area contributed by atoms with Crippen LogP contribution in [-0.4, -0.2) is 105 Å². The van der Waals surface area contributed by atoms with Crippen LogP contribution in [0.3, 0.4) is 0 Å². The van der Waals surface area contributed by atoms with Crippen LogP contribution >= 0.6 is 15.2 Å². The molecule has 0 amide bonds. The Bertz CT molecular complexity index is 1290. The second kappa shape index (κ2) is 8.76. The lowest BCUT2D eigenvalue weighted by atomic mass is 10.1. The summed E-state index contributed by atoms with van der Waals surface area (Å²) in [4.78, 5) is 28.4. The summed E-state index contributed by atoms with van der Waals surface area (Å²) in [6.45, 7) is -1.45. The van der Waals surface area contributed by atoms with E-state index in [9.17, 15) is 39.3 Å². The number of fused-ring (bicyclic) bond motifs is 7.